The number of esters is 1. The van der Waals surface area contributed by atoms with Crippen LogP contribution in [0.3, 0.4) is 0 Å². The molecule has 2 aliphatic rings. The van der Waals surface area contributed by atoms with Crippen molar-refractivity contribution < 1.29 is 9.53 Å². The zero-order valence-corrected chi connectivity index (χ0v) is 12.7. The van der Waals surface area contributed by atoms with Crippen LogP contribution in [0.2, 0.25) is 0 Å². The van der Waals surface area contributed by atoms with Crippen molar-refractivity contribution in [3.05, 3.63) is 23.8 Å². The number of fused-ring (bicyclic) bond motifs is 1. The van der Waals surface area contributed by atoms with Gasteiger partial charge in [-0.25, -0.2) is 4.79 Å². The van der Waals surface area contributed by atoms with Gasteiger partial charge in [0.15, 0.2) is 0 Å². The Morgan fingerprint density at radius 2 is 2.00 bits per heavy atom. The first-order valence-electron chi connectivity index (χ1n) is 7.96. The molecule has 1 aromatic carbocycles. The van der Waals surface area contributed by atoms with Crippen LogP contribution in [0.5, 0.6) is 0 Å². The van der Waals surface area contributed by atoms with E-state index in [0.717, 1.165) is 18.2 Å². The number of ether oxygens (including phenoxy) is 1. The number of rotatable bonds is 2. The van der Waals surface area contributed by atoms with Crippen molar-refractivity contribution in [3.63, 3.8) is 0 Å². The van der Waals surface area contributed by atoms with Crippen LogP contribution < -0.4 is 10.6 Å². The molecule has 0 aromatic heterocycles. The Morgan fingerprint density at radius 3 is 2.81 bits per heavy atom. The lowest BCUT2D eigenvalue weighted by molar-refractivity contribution is 0.0601. The van der Waals surface area contributed by atoms with E-state index in [-0.39, 0.29) is 5.97 Å². The minimum Gasteiger partial charge on any atom is -0.465 e. The molecule has 0 unspecified atom stereocenters. The van der Waals surface area contributed by atoms with Crippen molar-refractivity contribution >= 4 is 17.3 Å². The summed E-state index contributed by atoms with van der Waals surface area (Å²) in [4.78, 5) is 14.5. The van der Waals surface area contributed by atoms with Gasteiger partial charge in [0.25, 0.3) is 0 Å². The number of nitrogen functional groups attached to an aromatic ring is 1. The molecule has 3 rings (SSSR count). The van der Waals surface area contributed by atoms with E-state index in [4.69, 9.17) is 10.5 Å². The summed E-state index contributed by atoms with van der Waals surface area (Å²) < 4.78 is 4.94. The molecule has 1 saturated carbocycles. The summed E-state index contributed by atoms with van der Waals surface area (Å²) >= 11 is 0. The second kappa shape index (κ2) is 5.96. The summed E-state index contributed by atoms with van der Waals surface area (Å²) in [5.41, 5.74) is 8.39. The third kappa shape index (κ3) is 2.59. The van der Waals surface area contributed by atoms with Gasteiger partial charge in [-0.3, -0.25) is 0 Å². The molecule has 2 fully saturated rings. The maximum Gasteiger partial charge on any atom is 0.340 e. The van der Waals surface area contributed by atoms with E-state index < -0.39 is 0 Å². The Hall–Kier alpha value is -1.71. The maximum atomic E-state index is 12.1. The molecule has 1 aliphatic heterocycles. The smallest absolute Gasteiger partial charge is 0.340 e. The van der Waals surface area contributed by atoms with Crippen molar-refractivity contribution in [2.75, 3.05) is 24.3 Å². The Morgan fingerprint density at radius 1 is 1.24 bits per heavy atom. The highest BCUT2D eigenvalue weighted by Crippen LogP contribution is 2.41. The SMILES string of the molecule is COC(=O)c1cccc(N)c1N1CCC[C@H]2CCCC[C@H]21. The first-order valence-corrected chi connectivity index (χ1v) is 7.96. The molecule has 1 saturated heterocycles. The van der Waals surface area contributed by atoms with Crippen LogP contribution in [0.25, 0.3) is 0 Å². The molecular weight excluding hydrogens is 264 g/mol. The molecule has 2 N–H and O–H groups in total. The van der Waals surface area contributed by atoms with Gasteiger partial charge in [0.05, 0.1) is 24.0 Å². The van der Waals surface area contributed by atoms with Crippen LogP contribution in [0.1, 0.15) is 48.9 Å². The topological polar surface area (TPSA) is 55.6 Å². The van der Waals surface area contributed by atoms with Crippen molar-refractivity contribution in [2.24, 2.45) is 5.92 Å². The molecule has 1 aromatic rings. The molecule has 114 valence electrons. The van der Waals surface area contributed by atoms with Gasteiger partial charge in [-0.1, -0.05) is 18.9 Å². The standard InChI is InChI=1S/C17H24N2O2/c1-21-17(20)13-8-4-9-14(18)16(13)19-11-5-7-12-6-2-3-10-15(12)19/h4,8-9,12,15H,2-3,5-7,10-11,18H2,1H3/t12-,15-/m1/s1. The molecule has 2 atom stereocenters. The Balaban J connectivity index is 2.00. The fourth-order valence-corrected chi connectivity index (χ4v) is 4.06. The monoisotopic (exact) mass is 288 g/mol. The van der Waals surface area contributed by atoms with Crippen LogP contribution >= 0.6 is 0 Å². The first-order chi connectivity index (χ1) is 10.2. The molecular formula is C17H24N2O2. The second-order valence-electron chi connectivity index (χ2n) is 6.18. The Bertz CT molecular complexity index is 528. The van der Waals surface area contributed by atoms with Gasteiger partial charge in [-0.2, -0.15) is 0 Å². The summed E-state index contributed by atoms with van der Waals surface area (Å²) in [7, 11) is 1.43. The number of methoxy groups -OCH3 is 1. The summed E-state index contributed by atoms with van der Waals surface area (Å²) in [5.74, 6) is 0.452. The molecule has 1 aliphatic carbocycles. The van der Waals surface area contributed by atoms with Crippen LogP contribution in [-0.2, 0) is 4.74 Å². The minimum absolute atomic E-state index is 0.296. The number of carbonyl (C=O) groups excluding carboxylic acids is 1. The number of carbonyl (C=O) groups is 1. The summed E-state index contributed by atoms with van der Waals surface area (Å²) in [6, 6.07) is 6.06. The van der Waals surface area contributed by atoms with E-state index in [1.807, 2.05) is 18.2 Å². The summed E-state index contributed by atoms with van der Waals surface area (Å²) in [6.45, 7) is 0.985. The first kappa shape index (κ1) is 14.2. The average Bonchev–Trinajstić information content (AvgIpc) is 2.53. The lowest BCUT2D eigenvalue weighted by Gasteiger charge is -2.46. The number of para-hydroxylation sites is 1. The van der Waals surface area contributed by atoms with E-state index in [1.165, 1.54) is 45.6 Å². The van der Waals surface area contributed by atoms with E-state index in [2.05, 4.69) is 4.90 Å². The van der Waals surface area contributed by atoms with Crippen LogP contribution in [-0.4, -0.2) is 25.7 Å². The van der Waals surface area contributed by atoms with Gasteiger partial charge in [-0.05, 0) is 43.7 Å². The van der Waals surface area contributed by atoms with Crippen molar-refractivity contribution in [2.45, 2.75) is 44.6 Å². The second-order valence-corrected chi connectivity index (χ2v) is 6.18. The third-order valence-electron chi connectivity index (χ3n) is 5.00. The normalized spacial score (nSPS) is 25.3. The van der Waals surface area contributed by atoms with Crippen LogP contribution in [0.4, 0.5) is 11.4 Å². The highest BCUT2D eigenvalue weighted by atomic mass is 16.5. The number of nitrogens with zero attached hydrogens (tertiary/aromatic N) is 1. The number of piperidine rings is 1. The fourth-order valence-electron chi connectivity index (χ4n) is 4.06. The predicted molar refractivity (Wildman–Crippen MR) is 84.5 cm³/mol. The fraction of sp³-hybridized carbons (Fsp3) is 0.588. The molecule has 0 amide bonds. The summed E-state index contributed by atoms with van der Waals surface area (Å²) in [5, 5.41) is 0. The molecule has 0 bridgehead atoms. The molecule has 0 spiro atoms. The molecule has 1 heterocycles. The molecule has 21 heavy (non-hydrogen) atoms. The highest BCUT2D eigenvalue weighted by Gasteiger charge is 2.35. The number of nitrogens with two attached hydrogens (primary N) is 1. The highest BCUT2D eigenvalue weighted by molar-refractivity contribution is 5.99. The Kier molecular flexibility index (Phi) is 4.04. The lowest BCUT2D eigenvalue weighted by atomic mass is 9.78. The van der Waals surface area contributed by atoms with E-state index >= 15 is 0 Å². The van der Waals surface area contributed by atoms with E-state index in [0.29, 0.717) is 17.3 Å². The van der Waals surface area contributed by atoms with Gasteiger partial charge >= 0.3 is 5.97 Å². The summed E-state index contributed by atoms with van der Waals surface area (Å²) in [6.07, 6.45) is 7.61. The zero-order chi connectivity index (χ0) is 14.8. The van der Waals surface area contributed by atoms with Gasteiger partial charge in [-0.15, -0.1) is 0 Å². The van der Waals surface area contributed by atoms with Gasteiger partial charge < -0.3 is 15.4 Å². The van der Waals surface area contributed by atoms with E-state index in [9.17, 15) is 4.79 Å². The van der Waals surface area contributed by atoms with Crippen LogP contribution in [0, 0.1) is 5.92 Å². The number of hydrogen-bond acceptors (Lipinski definition) is 4. The molecule has 0 radical (unpaired) electrons. The quantitative estimate of drug-likeness (QED) is 0.670. The van der Waals surface area contributed by atoms with Crippen molar-refractivity contribution in [1.82, 2.24) is 0 Å². The van der Waals surface area contributed by atoms with Gasteiger partial charge in [0, 0.05) is 12.6 Å². The maximum absolute atomic E-state index is 12.1. The van der Waals surface area contributed by atoms with Gasteiger partial charge in [0.1, 0.15) is 0 Å². The largest absolute Gasteiger partial charge is 0.465 e. The Labute approximate surface area is 126 Å². The zero-order valence-electron chi connectivity index (χ0n) is 12.7. The van der Waals surface area contributed by atoms with E-state index in [1.54, 1.807) is 0 Å². The number of benzene rings is 1. The minimum atomic E-state index is -0.296. The molecule has 4 heteroatoms. The number of anilines is 2. The molecule has 4 nitrogen and oxygen atoms in total. The predicted octanol–water partition coefficient (Wildman–Crippen LogP) is 3.21. The van der Waals surface area contributed by atoms with Crippen LogP contribution in [0.15, 0.2) is 18.2 Å². The lowest BCUT2D eigenvalue weighted by Crippen LogP contribution is -2.47. The third-order valence-corrected chi connectivity index (χ3v) is 5.00. The average molecular weight is 288 g/mol. The van der Waals surface area contributed by atoms with Gasteiger partial charge in [0.2, 0.25) is 0 Å². The van der Waals surface area contributed by atoms with Crippen molar-refractivity contribution in [1.29, 1.82) is 0 Å². The van der Waals surface area contributed by atoms with Crippen molar-refractivity contribution in [3.8, 4) is 0 Å². The number of hydrogen-bond donors (Lipinski definition) is 1.